The second kappa shape index (κ2) is 3.06. The third-order valence-electron chi connectivity index (χ3n) is 3.01. The summed E-state index contributed by atoms with van der Waals surface area (Å²) < 4.78 is 5.26. The molecule has 1 rings (SSSR count). The van der Waals surface area contributed by atoms with Crippen LogP contribution in [0, 0.1) is 16.7 Å². The van der Waals surface area contributed by atoms with Crippen LogP contribution in [0.1, 0.15) is 39.5 Å². The highest BCUT2D eigenvalue weighted by molar-refractivity contribution is 5.05. The molecule has 1 aliphatic carbocycles. The number of rotatable bonds is 1. The summed E-state index contributed by atoms with van der Waals surface area (Å²) >= 11 is 0. The van der Waals surface area contributed by atoms with Crippen LogP contribution in [0.25, 0.3) is 0 Å². The highest BCUT2D eigenvalue weighted by Gasteiger charge is 2.38. The van der Waals surface area contributed by atoms with Crippen LogP contribution in [0.5, 0.6) is 0 Å². The molecule has 0 aromatic heterocycles. The fraction of sp³-hybridized carbons (Fsp3) is 0.900. The van der Waals surface area contributed by atoms with Crippen LogP contribution in [0.15, 0.2) is 0 Å². The van der Waals surface area contributed by atoms with E-state index in [0.717, 1.165) is 25.7 Å². The Kier molecular flexibility index (Phi) is 2.44. The number of hydrogen-bond acceptors (Lipinski definition) is 2. The zero-order chi connectivity index (χ0) is 9.24. The van der Waals surface area contributed by atoms with Gasteiger partial charge in [-0.05, 0) is 31.1 Å². The predicted octanol–water partition coefficient (Wildman–Crippen LogP) is 2.50. The summed E-state index contributed by atoms with van der Waals surface area (Å²) in [7, 11) is 1.64. The molecule has 0 amide bonds. The first-order chi connectivity index (χ1) is 5.54. The van der Waals surface area contributed by atoms with Crippen LogP contribution in [0.2, 0.25) is 0 Å². The highest BCUT2D eigenvalue weighted by Crippen LogP contribution is 2.41. The molecule has 0 aliphatic heterocycles. The molecule has 0 aromatic rings. The van der Waals surface area contributed by atoms with Crippen molar-refractivity contribution in [1.82, 2.24) is 0 Å². The molecule has 0 saturated heterocycles. The summed E-state index contributed by atoms with van der Waals surface area (Å²) in [6, 6.07) is 2.28. The van der Waals surface area contributed by atoms with E-state index >= 15 is 0 Å². The van der Waals surface area contributed by atoms with Crippen LogP contribution in [0.4, 0.5) is 0 Å². The van der Waals surface area contributed by atoms with Crippen LogP contribution in [-0.4, -0.2) is 12.7 Å². The number of ether oxygens (including phenoxy) is 1. The van der Waals surface area contributed by atoms with E-state index in [4.69, 9.17) is 10.00 Å². The molecular formula is C10H17NO. The molecule has 0 atom stereocenters. The van der Waals surface area contributed by atoms with Gasteiger partial charge >= 0.3 is 0 Å². The topological polar surface area (TPSA) is 33.0 Å². The zero-order valence-electron chi connectivity index (χ0n) is 8.18. The van der Waals surface area contributed by atoms with Gasteiger partial charge in [-0.25, -0.2) is 0 Å². The van der Waals surface area contributed by atoms with Crippen molar-refractivity contribution in [3.63, 3.8) is 0 Å². The largest absolute Gasteiger partial charge is 0.363 e. The normalized spacial score (nSPS) is 26.2. The average molecular weight is 167 g/mol. The number of nitriles is 1. The first-order valence-corrected chi connectivity index (χ1v) is 4.50. The second-order valence-corrected chi connectivity index (χ2v) is 4.47. The van der Waals surface area contributed by atoms with Crippen molar-refractivity contribution >= 4 is 0 Å². The Balaban J connectivity index is 2.61. The van der Waals surface area contributed by atoms with Crippen molar-refractivity contribution in [3.8, 4) is 6.07 Å². The van der Waals surface area contributed by atoms with Crippen LogP contribution < -0.4 is 0 Å². The van der Waals surface area contributed by atoms with Crippen LogP contribution in [-0.2, 0) is 4.74 Å². The number of nitrogens with zero attached hydrogens (tertiary/aromatic N) is 1. The zero-order valence-corrected chi connectivity index (χ0v) is 8.18. The Bertz CT molecular complexity index is 192. The number of hydrogen-bond donors (Lipinski definition) is 0. The summed E-state index contributed by atoms with van der Waals surface area (Å²) in [4.78, 5) is 0. The van der Waals surface area contributed by atoms with Gasteiger partial charge in [0, 0.05) is 7.11 Å². The summed E-state index contributed by atoms with van der Waals surface area (Å²) in [5.41, 5.74) is -0.0750. The van der Waals surface area contributed by atoms with E-state index in [9.17, 15) is 0 Å². The third kappa shape index (κ3) is 1.78. The fourth-order valence-corrected chi connectivity index (χ4v) is 1.69. The van der Waals surface area contributed by atoms with E-state index in [0.29, 0.717) is 5.41 Å². The van der Waals surface area contributed by atoms with E-state index in [1.54, 1.807) is 7.11 Å². The molecule has 2 nitrogen and oxygen atoms in total. The summed E-state index contributed by atoms with van der Waals surface area (Å²) in [5.74, 6) is 0. The maximum atomic E-state index is 8.94. The molecular weight excluding hydrogens is 150 g/mol. The lowest BCUT2D eigenvalue weighted by molar-refractivity contribution is -0.0178. The molecule has 12 heavy (non-hydrogen) atoms. The Hall–Kier alpha value is -0.550. The van der Waals surface area contributed by atoms with E-state index in [2.05, 4.69) is 19.9 Å². The highest BCUT2D eigenvalue weighted by atomic mass is 16.5. The molecule has 1 aliphatic rings. The Morgan fingerprint density at radius 1 is 1.17 bits per heavy atom. The maximum Gasteiger partial charge on any atom is 0.153 e. The molecule has 0 aromatic carbocycles. The minimum Gasteiger partial charge on any atom is -0.363 e. The smallest absolute Gasteiger partial charge is 0.153 e. The summed E-state index contributed by atoms with van der Waals surface area (Å²) in [5, 5.41) is 8.94. The van der Waals surface area contributed by atoms with Crippen molar-refractivity contribution in [2.24, 2.45) is 5.41 Å². The minimum atomic E-state index is -0.477. The molecule has 1 fully saturated rings. The third-order valence-corrected chi connectivity index (χ3v) is 3.01. The van der Waals surface area contributed by atoms with Gasteiger partial charge in [-0.2, -0.15) is 5.26 Å². The van der Waals surface area contributed by atoms with Gasteiger partial charge in [-0.1, -0.05) is 13.8 Å². The molecule has 0 spiro atoms. The minimum absolute atomic E-state index is 0.402. The van der Waals surface area contributed by atoms with Gasteiger partial charge in [0.15, 0.2) is 5.60 Å². The first kappa shape index (κ1) is 9.54. The average Bonchev–Trinajstić information content (AvgIpc) is 2.06. The molecule has 2 heteroatoms. The standard InChI is InChI=1S/C10H17NO/c1-9(2)4-6-10(8-11,12-3)7-5-9/h4-7H2,1-3H3. The SMILES string of the molecule is COC1(C#N)CCC(C)(C)CC1. The fourth-order valence-electron chi connectivity index (χ4n) is 1.69. The molecule has 0 N–H and O–H groups in total. The van der Waals surface area contributed by atoms with Gasteiger partial charge in [0.2, 0.25) is 0 Å². The number of methoxy groups -OCH3 is 1. The Morgan fingerprint density at radius 3 is 2.00 bits per heavy atom. The first-order valence-electron chi connectivity index (χ1n) is 4.50. The van der Waals surface area contributed by atoms with Gasteiger partial charge < -0.3 is 4.74 Å². The van der Waals surface area contributed by atoms with Crippen molar-refractivity contribution in [3.05, 3.63) is 0 Å². The van der Waals surface area contributed by atoms with Crippen molar-refractivity contribution in [1.29, 1.82) is 5.26 Å². The molecule has 0 bridgehead atoms. The van der Waals surface area contributed by atoms with E-state index in [1.165, 1.54) is 0 Å². The molecule has 0 unspecified atom stereocenters. The lowest BCUT2D eigenvalue weighted by Gasteiger charge is -2.38. The summed E-state index contributed by atoms with van der Waals surface area (Å²) in [6.45, 7) is 4.51. The van der Waals surface area contributed by atoms with Crippen molar-refractivity contribution in [2.75, 3.05) is 7.11 Å². The van der Waals surface area contributed by atoms with Gasteiger partial charge in [0.1, 0.15) is 0 Å². The molecule has 0 radical (unpaired) electrons. The lowest BCUT2D eigenvalue weighted by atomic mass is 9.71. The monoisotopic (exact) mass is 167 g/mol. The Morgan fingerprint density at radius 2 is 1.67 bits per heavy atom. The van der Waals surface area contributed by atoms with E-state index in [-0.39, 0.29) is 0 Å². The second-order valence-electron chi connectivity index (χ2n) is 4.47. The molecule has 1 saturated carbocycles. The summed E-state index contributed by atoms with van der Waals surface area (Å²) in [6.07, 6.45) is 3.95. The van der Waals surface area contributed by atoms with E-state index in [1.807, 2.05) is 0 Å². The quantitative estimate of drug-likeness (QED) is 0.601. The molecule has 0 heterocycles. The van der Waals surface area contributed by atoms with Gasteiger partial charge in [-0.3, -0.25) is 0 Å². The maximum absolute atomic E-state index is 8.94. The van der Waals surface area contributed by atoms with Crippen molar-refractivity contribution < 1.29 is 4.74 Å². The van der Waals surface area contributed by atoms with Crippen LogP contribution in [0.3, 0.4) is 0 Å². The Labute approximate surface area is 74.5 Å². The predicted molar refractivity (Wildman–Crippen MR) is 47.6 cm³/mol. The van der Waals surface area contributed by atoms with E-state index < -0.39 is 5.60 Å². The van der Waals surface area contributed by atoms with Gasteiger partial charge in [0.05, 0.1) is 6.07 Å². The van der Waals surface area contributed by atoms with Crippen molar-refractivity contribution in [2.45, 2.75) is 45.1 Å². The lowest BCUT2D eigenvalue weighted by Crippen LogP contribution is -2.37. The van der Waals surface area contributed by atoms with Gasteiger partial charge in [-0.15, -0.1) is 0 Å². The molecule has 68 valence electrons. The van der Waals surface area contributed by atoms with Crippen LogP contribution >= 0.6 is 0 Å². The van der Waals surface area contributed by atoms with Gasteiger partial charge in [0.25, 0.3) is 0 Å².